The van der Waals surface area contributed by atoms with Crippen LogP contribution in [0.4, 0.5) is 5.69 Å². The summed E-state index contributed by atoms with van der Waals surface area (Å²) in [6.07, 6.45) is -0.112. The Hall–Kier alpha value is -3.11. The number of benzene rings is 2. The third kappa shape index (κ3) is 5.53. The SMILES string of the molecule is COC(=O)[C@@H]1CN(C(=O)C[C@@H](NS(C)(=O)=O)c2ccc(OC)cc2)c2ccccc2O1. The van der Waals surface area contributed by atoms with Crippen LogP contribution in [-0.2, 0) is 24.3 Å². The van der Waals surface area contributed by atoms with Crippen molar-refractivity contribution in [2.75, 3.05) is 31.9 Å². The van der Waals surface area contributed by atoms with E-state index in [0.29, 0.717) is 22.7 Å². The van der Waals surface area contributed by atoms with Gasteiger partial charge in [-0.1, -0.05) is 24.3 Å². The molecule has 1 heterocycles. The highest BCUT2D eigenvalue weighted by atomic mass is 32.2. The molecule has 0 saturated carbocycles. The van der Waals surface area contributed by atoms with Gasteiger partial charge in [-0.2, -0.15) is 0 Å². The third-order valence-corrected chi connectivity index (χ3v) is 5.50. The Balaban J connectivity index is 1.90. The summed E-state index contributed by atoms with van der Waals surface area (Å²) < 4.78 is 41.9. The van der Waals surface area contributed by atoms with Crippen molar-refractivity contribution >= 4 is 27.6 Å². The van der Waals surface area contributed by atoms with Gasteiger partial charge in [0, 0.05) is 6.42 Å². The van der Waals surface area contributed by atoms with Crippen molar-refractivity contribution < 1.29 is 32.2 Å². The number of fused-ring (bicyclic) bond motifs is 1. The molecule has 0 unspecified atom stereocenters. The number of anilines is 1. The summed E-state index contributed by atoms with van der Waals surface area (Å²) in [6.45, 7) is -0.0449. The lowest BCUT2D eigenvalue weighted by Gasteiger charge is -2.34. The van der Waals surface area contributed by atoms with Crippen molar-refractivity contribution in [2.24, 2.45) is 0 Å². The summed E-state index contributed by atoms with van der Waals surface area (Å²) in [6, 6.07) is 12.8. The van der Waals surface area contributed by atoms with Crippen molar-refractivity contribution in [3.05, 3.63) is 54.1 Å². The van der Waals surface area contributed by atoms with Crippen molar-refractivity contribution in [2.45, 2.75) is 18.6 Å². The summed E-state index contributed by atoms with van der Waals surface area (Å²) in [7, 11) is -0.833. The normalized spacial score (nSPS) is 16.6. The highest BCUT2D eigenvalue weighted by Crippen LogP contribution is 2.34. The number of hydrogen-bond acceptors (Lipinski definition) is 7. The Morgan fingerprint density at radius 3 is 2.45 bits per heavy atom. The predicted octanol–water partition coefficient (Wildman–Crippen LogP) is 1.64. The van der Waals surface area contributed by atoms with Gasteiger partial charge in [0.1, 0.15) is 11.5 Å². The van der Waals surface area contributed by atoms with E-state index in [1.54, 1.807) is 48.5 Å². The molecule has 0 saturated heterocycles. The summed E-state index contributed by atoms with van der Waals surface area (Å²) in [5.74, 6) is 0.000618. The van der Waals surface area contributed by atoms with Gasteiger partial charge in [0.25, 0.3) is 0 Å². The number of para-hydroxylation sites is 2. The van der Waals surface area contributed by atoms with Gasteiger partial charge in [0.05, 0.1) is 38.7 Å². The van der Waals surface area contributed by atoms with E-state index in [4.69, 9.17) is 14.2 Å². The predicted molar refractivity (Wildman–Crippen MR) is 114 cm³/mol. The van der Waals surface area contributed by atoms with Gasteiger partial charge >= 0.3 is 5.97 Å². The quantitative estimate of drug-likeness (QED) is 0.641. The van der Waals surface area contributed by atoms with E-state index in [2.05, 4.69) is 4.72 Å². The van der Waals surface area contributed by atoms with Gasteiger partial charge in [-0.25, -0.2) is 17.9 Å². The molecule has 2 aromatic rings. The lowest BCUT2D eigenvalue weighted by molar-refractivity contribution is -0.148. The molecule has 3 rings (SSSR count). The first kappa shape index (κ1) is 22.6. The standard InChI is InChI=1S/C21H24N2O7S/c1-28-15-10-8-14(9-11-15)16(22-31(3,26)27)12-20(24)23-13-19(21(25)29-2)30-18-7-5-4-6-17(18)23/h4-11,16,19,22H,12-13H2,1-3H3/t16-,19+/m1/s1. The lowest BCUT2D eigenvalue weighted by atomic mass is 10.0. The summed E-state index contributed by atoms with van der Waals surface area (Å²) in [5.41, 5.74) is 1.10. The number of carbonyl (C=O) groups excluding carboxylic acids is 2. The van der Waals surface area contributed by atoms with E-state index in [-0.39, 0.29) is 18.9 Å². The minimum Gasteiger partial charge on any atom is -0.497 e. The van der Waals surface area contributed by atoms with Gasteiger partial charge < -0.3 is 19.1 Å². The Bertz CT molecular complexity index is 1050. The van der Waals surface area contributed by atoms with Crippen LogP contribution in [0.3, 0.4) is 0 Å². The lowest BCUT2D eigenvalue weighted by Crippen LogP contribution is -2.48. The minimum absolute atomic E-state index is 0.0449. The second-order valence-electron chi connectivity index (χ2n) is 7.02. The molecule has 9 nitrogen and oxygen atoms in total. The second kappa shape index (κ2) is 9.36. The fourth-order valence-electron chi connectivity index (χ4n) is 3.33. The van der Waals surface area contributed by atoms with Gasteiger partial charge in [-0.15, -0.1) is 0 Å². The van der Waals surface area contributed by atoms with Crippen LogP contribution in [0.5, 0.6) is 11.5 Å². The molecule has 0 fully saturated rings. The van der Waals surface area contributed by atoms with Crippen molar-refractivity contribution in [3.8, 4) is 11.5 Å². The smallest absolute Gasteiger partial charge is 0.348 e. The minimum atomic E-state index is -3.60. The fraction of sp³-hybridized carbons (Fsp3) is 0.333. The Morgan fingerprint density at radius 2 is 1.84 bits per heavy atom. The topological polar surface area (TPSA) is 111 Å². The number of amides is 1. The zero-order chi connectivity index (χ0) is 22.6. The first-order chi connectivity index (χ1) is 14.7. The average molecular weight is 448 g/mol. The van der Waals surface area contributed by atoms with Crippen LogP contribution >= 0.6 is 0 Å². The van der Waals surface area contributed by atoms with Crippen LogP contribution in [0.2, 0.25) is 0 Å². The molecule has 2 aromatic carbocycles. The van der Waals surface area contributed by atoms with E-state index in [1.807, 2.05) is 0 Å². The van der Waals surface area contributed by atoms with Gasteiger partial charge in [-0.3, -0.25) is 4.79 Å². The van der Waals surface area contributed by atoms with Crippen molar-refractivity contribution in [1.82, 2.24) is 4.72 Å². The maximum absolute atomic E-state index is 13.3. The molecule has 31 heavy (non-hydrogen) atoms. The van der Waals surface area contributed by atoms with Gasteiger partial charge in [0.2, 0.25) is 22.0 Å². The van der Waals surface area contributed by atoms with E-state index < -0.39 is 28.1 Å². The highest BCUT2D eigenvalue weighted by Gasteiger charge is 2.35. The number of sulfonamides is 1. The number of nitrogens with one attached hydrogen (secondary N) is 1. The fourth-order valence-corrected chi connectivity index (χ4v) is 4.07. The maximum Gasteiger partial charge on any atom is 0.348 e. The number of ether oxygens (including phenoxy) is 3. The zero-order valence-electron chi connectivity index (χ0n) is 17.4. The number of nitrogens with zero attached hydrogens (tertiary/aromatic N) is 1. The van der Waals surface area contributed by atoms with Crippen molar-refractivity contribution in [3.63, 3.8) is 0 Å². The molecule has 1 amide bonds. The summed E-state index contributed by atoms with van der Waals surface area (Å²) in [5, 5.41) is 0. The van der Waals surface area contributed by atoms with E-state index in [0.717, 1.165) is 6.26 Å². The Kier molecular flexibility index (Phi) is 6.81. The van der Waals surface area contributed by atoms with Crippen LogP contribution in [0.25, 0.3) is 0 Å². The summed E-state index contributed by atoms with van der Waals surface area (Å²) >= 11 is 0. The molecule has 1 aliphatic heterocycles. The van der Waals surface area contributed by atoms with Gasteiger partial charge in [0.15, 0.2) is 0 Å². The molecule has 0 radical (unpaired) electrons. The van der Waals surface area contributed by atoms with Crippen LogP contribution in [0, 0.1) is 0 Å². The van der Waals surface area contributed by atoms with E-state index >= 15 is 0 Å². The monoisotopic (exact) mass is 448 g/mol. The largest absolute Gasteiger partial charge is 0.497 e. The third-order valence-electron chi connectivity index (χ3n) is 4.79. The van der Waals surface area contributed by atoms with Crippen LogP contribution < -0.4 is 19.1 Å². The molecular weight excluding hydrogens is 424 g/mol. The molecule has 2 atom stereocenters. The first-order valence-electron chi connectivity index (χ1n) is 9.47. The van der Waals surface area contributed by atoms with Crippen LogP contribution in [0.1, 0.15) is 18.0 Å². The van der Waals surface area contributed by atoms with Crippen LogP contribution in [-0.4, -0.2) is 53.4 Å². The maximum atomic E-state index is 13.3. The number of methoxy groups -OCH3 is 2. The molecule has 0 bridgehead atoms. The molecule has 1 N–H and O–H groups in total. The number of rotatable bonds is 7. The molecule has 1 aliphatic rings. The molecule has 0 aliphatic carbocycles. The second-order valence-corrected chi connectivity index (χ2v) is 8.80. The molecule has 0 aromatic heterocycles. The van der Waals surface area contributed by atoms with Crippen LogP contribution in [0.15, 0.2) is 48.5 Å². The molecule has 166 valence electrons. The highest BCUT2D eigenvalue weighted by molar-refractivity contribution is 7.88. The molecular formula is C21H24N2O7S. The molecule has 10 heteroatoms. The van der Waals surface area contributed by atoms with Gasteiger partial charge in [-0.05, 0) is 29.8 Å². The first-order valence-corrected chi connectivity index (χ1v) is 11.4. The number of hydrogen-bond donors (Lipinski definition) is 1. The van der Waals surface area contributed by atoms with E-state index in [9.17, 15) is 18.0 Å². The summed E-state index contributed by atoms with van der Waals surface area (Å²) in [4.78, 5) is 26.7. The van der Waals surface area contributed by atoms with Crippen molar-refractivity contribution in [1.29, 1.82) is 0 Å². The Morgan fingerprint density at radius 1 is 1.16 bits per heavy atom. The Labute approximate surface area is 181 Å². The number of esters is 1. The van der Waals surface area contributed by atoms with E-state index in [1.165, 1.54) is 19.1 Å². The molecule has 0 spiro atoms. The zero-order valence-corrected chi connectivity index (χ0v) is 18.2. The number of carbonyl (C=O) groups is 2. The average Bonchev–Trinajstić information content (AvgIpc) is 2.76.